The lowest BCUT2D eigenvalue weighted by Gasteiger charge is -2.14. The number of halogens is 1. The van der Waals surface area contributed by atoms with Crippen molar-refractivity contribution in [1.82, 2.24) is 10.3 Å². The van der Waals surface area contributed by atoms with Crippen molar-refractivity contribution in [3.63, 3.8) is 0 Å². The quantitative estimate of drug-likeness (QED) is 0.449. The van der Waals surface area contributed by atoms with E-state index in [-0.39, 0.29) is 18.7 Å². The molecular formula is C23H21FN2O4. The van der Waals surface area contributed by atoms with Crippen LogP contribution < -0.4 is 5.32 Å². The molecule has 1 amide bonds. The first-order valence-electron chi connectivity index (χ1n) is 9.57. The van der Waals surface area contributed by atoms with Crippen molar-refractivity contribution in [2.24, 2.45) is 0 Å². The van der Waals surface area contributed by atoms with Crippen LogP contribution in [0, 0.1) is 19.7 Å². The third-order valence-electron chi connectivity index (χ3n) is 5.41. The number of furan rings is 1. The zero-order valence-corrected chi connectivity index (χ0v) is 16.6. The summed E-state index contributed by atoms with van der Waals surface area (Å²) < 4.78 is 18.9. The summed E-state index contributed by atoms with van der Waals surface area (Å²) in [6.07, 6.45) is 3.27. The molecule has 2 aromatic heterocycles. The van der Waals surface area contributed by atoms with Gasteiger partial charge in [0.15, 0.2) is 0 Å². The van der Waals surface area contributed by atoms with E-state index in [1.165, 1.54) is 18.4 Å². The molecule has 30 heavy (non-hydrogen) atoms. The van der Waals surface area contributed by atoms with Gasteiger partial charge < -0.3 is 19.8 Å². The Morgan fingerprint density at radius 2 is 1.90 bits per heavy atom. The maximum atomic E-state index is 13.4. The van der Waals surface area contributed by atoms with Crippen LogP contribution in [-0.4, -0.2) is 28.0 Å². The van der Waals surface area contributed by atoms with E-state index in [1.807, 2.05) is 26.0 Å². The summed E-state index contributed by atoms with van der Waals surface area (Å²) in [5, 5.41) is 13.8. The Labute approximate surface area is 171 Å². The lowest BCUT2D eigenvalue weighted by atomic mass is 10.0. The molecule has 2 aromatic carbocycles. The van der Waals surface area contributed by atoms with Crippen LogP contribution in [0.5, 0.6) is 0 Å². The van der Waals surface area contributed by atoms with Crippen molar-refractivity contribution in [3.8, 4) is 0 Å². The number of carbonyl (C=O) groups excluding carboxylic acids is 1. The number of aromatic nitrogens is 1. The maximum absolute atomic E-state index is 13.4. The number of hydrogen-bond donors (Lipinski definition) is 3. The highest BCUT2D eigenvalue weighted by atomic mass is 19.1. The largest absolute Gasteiger partial charge is 0.480 e. The molecule has 1 atom stereocenters. The first kappa shape index (κ1) is 19.7. The van der Waals surface area contributed by atoms with Gasteiger partial charge in [-0.15, -0.1) is 0 Å². The minimum Gasteiger partial charge on any atom is -0.480 e. The molecule has 0 fully saturated rings. The van der Waals surface area contributed by atoms with Gasteiger partial charge in [-0.25, -0.2) is 9.18 Å². The van der Waals surface area contributed by atoms with Crippen molar-refractivity contribution in [2.45, 2.75) is 32.7 Å². The second kappa shape index (κ2) is 7.67. The van der Waals surface area contributed by atoms with Gasteiger partial charge in [-0.2, -0.15) is 0 Å². The summed E-state index contributed by atoms with van der Waals surface area (Å²) in [6.45, 7) is 3.97. The fourth-order valence-corrected chi connectivity index (χ4v) is 3.64. The van der Waals surface area contributed by atoms with E-state index in [4.69, 9.17) is 4.42 Å². The molecule has 3 N–H and O–H groups in total. The zero-order valence-electron chi connectivity index (χ0n) is 16.6. The Morgan fingerprint density at radius 3 is 2.67 bits per heavy atom. The summed E-state index contributed by atoms with van der Waals surface area (Å²) in [7, 11) is 0. The average Bonchev–Trinajstić information content (AvgIpc) is 3.25. The average molecular weight is 408 g/mol. The predicted octanol–water partition coefficient (Wildman–Crippen LogP) is 4.02. The number of H-pyrrole nitrogens is 1. The Balaban J connectivity index is 1.51. The fraction of sp³-hybridized carbons (Fsp3) is 0.217. The second-order valence-electron chi connectivity index (χ2n) is 7.54. The number of rotatable bonds is 6. The highest BCUT2D eigenvalue weighted by molar-refractivity contribution is 5.91. The Hall–Kier alpha value is -3.61. The Bertz CT molecular complexity index is 1270. The van der Waals surface area contributed by atoms with Crippen molar-refractivity contribution >= 4 is 33.7 Å². The monoisotopic (exact) mass is 408 g/mol. The normalized spacial score (nSPS) is 12.4. The van der Waals surface area contributed by atoms with Gasteiger partial charge in [0.2, 0.25) is 5.91 Å². The lowest BCUT2D eigenvalue weighted by molar-refractivity contribution is -0.141. The van der Waals surface area contributed by atoms with Crippen molar-refractivity contribution in [2.75, 3.05) is 0 Å². The molecule has 4 rings (SSSR count). The van der Waals surface area contributed by atoms with Crippen LogP contribution in [0.15, 0.2) is 47.2 Å². The molecule has 0 saturated carbocycles. The van der Waals surface area contributed by atoms with Crippen molar-refractivity contribution < 1.29 is 23.5 Å². The molecule has 0 saturated heterocycles. The van der Waals surface area contributed by atoms with E-state index in [0.29, 0.717) is 22.2 Å². The molecule has 0 radical (unpaired) electrons. The summed E-state index contributed by atoms with van der Waals surface area (Å²) in [5.74, 6) is -1.92. The molecule has 0 aliphatic carbocycles. The van der Waals surface area contributed by atoms with Gasteiger partial charge in [-0.1, -0.05) is 0 Å². The summed E-state index contributed by atoms with van der Waals surface area (Å²) in [5.41, 5.74) is 4.86. The molecule has 0 aliphatic rings. The number of carboxylic acids is 1. The van der Waals surface area contributed by atoms with Crippen LogP contribution in [-0.2, 0) is 22.4 Å². The van der Waals surface area contributed by atoms with E-state index < -0.39 is 17.9 Å². The minimum atomic E-state index is -1.14. The molecule has 0 aliphatic heterocycles. The minimum absolute atomic E-state index is 0.0123. The van der Waals surface area contributed by atoms with Gasteiger partial charge in [-0.05, 0) is 60.9 Å². The van der Waals surface area contributed by atoms with Gasteiger partial charge in [0, 0.05) is 34.5 Å². The number of carbonyl (C=O) groups is 2. The third-order valence-corrected chi connectivity index (χ3v) is 5.41. The smallest absolute Gasteiger partial charge is 0.326 e. The number of hydrogen-bond acceptors (Lipinski definition) is 3. The highest BCUT2D eigenvalue weighted by Gasteiger charge is 2.23. The number of aromatic amines is 1. The molecular weight excluding hydrogens is 387 g/mol. The number of carboxylic acid groups (broad SMARTS) is 1. The molecule has 6 nitrogen and oxygen atoms in total. The van der Waals surface area contributed by atoms with E-state index in [0.717, 1.165) is 21.9 Å². The van der Waals surface area contributed by atoms with Crippen LogP contribution in [0.4, 0.5) is 4.39 Å². The lowest BCUT2D eigenvalue weighted by Crippen LogP contribution is -2.43. The second-order valence-corrected chi connectivity index (χ2v) is 7.54. The zero-order chi connectivity index (χ0) is 21.4. The summed E-state index contributed by atoms with van der Waals surface area (Å²) >= 11 is 0. The van der Waals surface area contributed by atoms with E-state index in [9.17, 15) is 19.1 Å². The Kier molecular flexibility index (Phi) is 5.03. The predicted molar refractivity (Wildman–Crippen MR) is 111 cm³/mol. The number of fused-ring (bicyclic) bond motifs is 2. The molecule has 7 heteroatoms. The van der Waals surface area contributed by atoms with Gasteiger partial charge in [0.25, 0.3) is 0 Å². The molecule has 0 spiro atoms. The van der Waals surface area contributed by atoms with Crippen LogP contribution in [0.25, 0.3) is 21.9 Å². The summed E-state index contributed by atoms with van der Waals surface area (Å²) in [6, 6.07) is 7.05. The number of benzene rings is 2. The fourth-order valence-electron chi connectivity index (χ4n) is 3.64. The number of aliphatic carboxylic acids is 1. The third kappa shape index (κ3) is 3.78. The Morgan fingerprint density at radius 1 is 1.13 bits per heavy atom. The molecule has 154 valence electrons. The van der Waals surface area contributed by atoms with E-state index >= 15 is 0 Å². The molecule has 0 bridgehead atoms. The molecule has 2 heterocycles. The van der Waals surface area contributed by atoms with Gasteiger partial charge >= 0.3 is 5.97 Å². The van der Waals surface area contributed by atoms with Crippen LogP contribution in [0.1, 0.15) is 22.3 Å². The first-order chi connectivity index (χ1) is 14.3. The van der Waals surface area contributed by atoms with Crippen molar-refractivity contribution in [3.05, 3.63) is 70.9 Å². The highest BCUT2D eigenvalue weighted by Crippen LogP contribution is 2.25. The standard InChI is InChI=1S/C23H21FN2O4/c1-12-5-18-15(11-30-21(18)6-13(12)2)8-22(27)26-20(23(28)29)7-14-10-25-19-9-16(24)3-4-17(14)19/h3-6,9-11,20,25H,7-8H2,1-2H3,(H,26,27)(H,28,29)/t20-/m0/s1. The van der Waals surface area contributed by atoms with Gasteiger partial charge in [-0.3, -0.25) is 4.79 Å². The molecule has 0 unspecified atom stereocenters. The molecule has 4 aromatic rings. The van der Waals surface area contributed by atoms with Crippen LogP contribution in [0.2, 0.25) is 0 Å². The van der Waals surface area contributed by atoms with Gasteiger partial charge in [0.05, 0.1) is 12.7 Å². The summed E-state index contributed by atoms with van der Waals surface area (Å²) in [4.78, 5) is 27.3. The van der Waals surface area contributed by atoms with Gasteiger partial charge in [0.1, 0.15) is 17.4 Å². The first-order valence-corrected chi connectivity index (χ1v) is 9.57. The number of amides is 1. The van der Waals surface area contributed by atoms with Crippen LogP contribution >= 0.6 is 0 Å². The SMILES string of the molecule is Cc1cc2occ(CC(=O)N[C@@H](Cc3c[nH]c4cc(F)ccc34)C(=O)O)c2cc1C. The van der Waals surface area contributed by atoms with Crippen molar-refractivity contribution in [1.29, 1.82) is 0 Å². The number of nitrogens with one attached hydrogen (secondary N) is 2. The maximum Gasteiger partial charge on any atom is 0.326 e. The van der Waals surface area contributed by atoms with Crippen LogP contribution in [0.3, 0.4) is 0 Å². The number of aryl methyl sites for hydroxylation is 2. The van der Waals surface area contributed by atoms with E-state index in [2.05, 4.69) is 10.3 Å². The topological polar surface area (TPSA) is 95.3 Å². The van der Waals surface area contributed by atoms with E-state index in [1.54, 1.807) is 12.3 Å².